The minimum atomic E-state index is 0.354. The second-order valence-corrected chi connectivity index (χ2v) is 8.10. The Bertz CT molecular complexity index is 1280. The highest BCUT2D eigenvalue weighted by Gasteiger charge is 2.28. The van der Waals surface area contributed by atoms with Crippen LogP contribution in [0.1, 0.15) is 35.8 Å². The summed E-state index contributed by atoms with van der Waals surface area (Å²) in [4.78, 5) is 2.31. The van der Waals surface area contributed by atoms with Gasteiger partial charge in [0, 0.05) is 48.9 Å². The van der Waals surface area contributed by atoms with E-state index in [9.17, 15) is 5.26 Å². The molecule has 5 rings (SSSR count). The molecule has 0 radical (unpaired) electrons. The first-order chi connectivity index (χ1) is 15.7. The van der Waals surface area contributed by atoms with Crippen LogP contribution in [0.25, 0.3) is 22.4 Å². The Kier molecular flexibility index (Phi) is 5.11. The fourth-order valence-electron chi connectivity index (χ4n) is 4.53. The zero-order valence-electron chi connectivity index (χ0n) is 18.0. The van der Waals surface area contributed by atoms with E-state index in [1.165, 1.54) is 0 Å². The van der Waals surface area contributed by atoms with Gasteiger partial charge in [0.25, 0.3) is 0 Å². The van der Waals surface area contributed by atoms with E-state index in [2.05, 4.69) is 47.6 Å². The smallest absolute Gasteiger partial charge is 0.135 e. The number of piperidine rings is 1. The molecule has 0 amide bonds. The van der Waals surface area contributed by atoms with Gasteiger partial charge in [-0.1, -0.05) is 12.1 Å². The second kappa shape index (κ2) is 8.23. The molecule has 0 saturated carbocycles. The van der Waals surface area contributed by atoms with Gasteiger partial charge in [0.15, 0.2) is 0 Å². The molecular weight excluding hydrogens is 402 g/mol. The third kappa shape index (κ3) is 3.50. The zero-order chi connectivity index (χ0) is 22.1. The molecule has 0 bridgehead atoms. The highest BCUT2D eigenvalue weighted by atomic mass is 15.3. The number of aromatic amines is 1. The van der Waals surface area contributed by atoms with E-state index in [1.807, 2.05) is 36.7 Å². The Morgan fingerprint density at radius 3 is 2.56 bits per heavy atom. The molecule has 4 aromatic rings. The van der Waals surface area contributed by atoms with Crippen LogP contribution in [0, 0.1) is 18.3 Å². The van der Waals surface area contributed by atoms with Crippen LogP contribution in [0.5, 0.6) is 0 Å². The number of hydrogen-bond donors (Lipinski definition) is 1. The van der Waals surface area contributed by atoms with Gasteiger partial charge in [0.2, 0.25) is 0 Å². The molecule has 0 aliphatic carbocycles. The predicted molar refractivity (Wildman–Crippen MR) is 120 cm³/mol. The maximum Gasteiger partial charge on any atom is 0.135 e. The van der Waals surface area contributed by atoms with Gasteiger partial charge in [-0.05, 0) is 31.9 Å². The first-order valence-electron chi connectivity index (χ1n) is 10.6. The highest BCUT2D eigenvalue weighted by Crippen LogP contribution is 2.41. The number of H-pyrrole nitrogens is 1. The Labute approximate surface area is 185 Å². The van der Waals surface area contributed by atoms with Crippen LogP contribution in [0.2, 0.25) is 0 Å². The molecular formula is C23H23N9. The van der Waals surface area contributed by atoms with Gasteiger partial charge in [-0.2, -0.15) is 20.6 Å². The number of nitrogens with zero attached hydrogens (tertiary/aromatic N) is 8. The molecule has 0 unspecified atom stereocenters. The fraction of sp³-hybridized carbons (Fsp3) is 0.304. The number of aromatic nitrogens is 7. The van der Waals surface area contributed by atoms with Crippen molar-refractivity contribution in [1.82, 2.24) is 35.2 Å². The van der Waals surface area contributed by atoms with E-state index >= 15 is 0 Å². The van der Waals surface area contributed by atoms with Crippen LogP contribution in [0.4, 0.5) is 5.69 Å². The van der Waals surface area contributed by atoms with Crippen molar-refractivity contribution in [3.63, 3.8) is 0 Å². The third-order valence-corrected chi connectivity index (χ3v) is 6.08. The van der Waals surface area contributed by atoms with Gasteiger partial charge in [-0.3, -0.25) is 5.10 Å². The lowest BCUT2D eigenvalue weighted by atomic mass is 9.91. The average molecular weight is 426 g/mol. The van der Waals surface area contributed by atoms with Crippen LogP contribution in [0.3, 0.4) is 0 Å². The highest BCUT2D eigenvalue weighted by molar-refractivity contribution is 5.89. The molecule has 9 heteroatoms. The van der Waals surface area contributed by atoms with Crippen LogP contribution in [0.15, 0.2) is 43.0 Å². The van der Waals surface area contributed by atoms with Gasteiger partial charge >= 0.3 is 0 Å². The minimum Gasteiger partial charge on any atom is -0.370 e. The zero-order valence-corrected chi connectivity index (χ0v) is 18.0. The normalized spacial score (nSPS) is 14.5. The Balaban J connectivity index is 1.58. The summed E-state index contributed by atoms with van der Waals surface area (Å²) in [5.41, 5.74) is 5.90. The van der Waals surface area contributed by atoms with Gasteiger partial charge in [0.1, 0.15) is 18.2 Å². The predicted octanol–water partition coefficient (Wildman–Crippen LogP) is 3.23. The summed E-state index contributed by atoms with van der Waals surface area (Å²) < 4.78 is 2.00. The Morgan fingerprint density at radius 2 is 1.91 bits per heavy atom. The summed E-state index contributed by atoms with van der Waals surface area (Å²) in [6, 6.07) is 10.4. The average Bonchev–Trinajstić information content (AvgIpc) is 3.50. The third-order valence-electron chi connectivity index (χ3n) is 6.08. The molecule has 1 fully saturated rings. The van der Waals surface area contributed by atoms with Crippen molar-refractivity contribution in [1.29, 1.82) is 5.26 Å². The van der Waals surface area contributed by atoms with Gasteiger partial charge in [0.05, 0.1) is 28.8 Å². The van der Waals surface area contributed by atoms with Crippen molar-refractivity contribution in [2.75, 3.05) is 18.0 Å². The molecule has 160 valence electrons. The Morgan fingerprint density at radius 1 is 1.09 bits per heavy atom. The Hall–Kier alpha value is -4.06. The number of benzene rings is 1. The van der Waals surface area contributed by atoms with Crippen molar-refractivity contribution in [2.45, 2.75) is 25.7 Å². The second-order valence-electron chi connectivity index (χ2n) is 8.10. The molecule has 0 spiro atoms. The lowest BCUT2D eigenvalue weighted by Gasteiger charge is -2.35. The van der Waals surface area contributed by atoms with Crippen LogP contribution < -0.4 is 4.90 Å². The van der Waals surface area contributed by atoms with E-state index in [0.717, 1.165) is 65.5 Å². The molecule has 1 saturated heterocycles. The lowest BCUT2D eigenvalue weighted by molar-refractivity contribution is 0.474. The van der Waals surface area contributed by atoms with Crippen molar-refractivity contribution in [2.24, 2.45) is 7.05 Å². The van der Waals surface area contributed by atoms with Crippen molar-refractivity contribution < 1.29 is 0 Å². The van der Waals surface area contributed by atoms with Crippen LogP contribution >= 0.6 is 0 Å². The molecule has 1 N–H and O–H groups in total. The minimum absolute atomic E-state index is 0.354. The summed E-state index contributed by atoms with van der Waals surface area (Å²) in [6.45, 7) is 3.56. The summed E-state index contributed by atoms with van der Waals surface area (Å²) in [5.74, 6) is 1.37. The molecule has 4 heterocycles. The SMILES string of the molecule is Cc1cc(-c2ccc(-c3cc[nH]n3)c(C#N)c2N2CCC(c3nncn3C)CC2)cnn1. The number of nitrogens with one attached hydrogen (secondary N) is 1. The summed E-state index contributed by atoms with van der Waals surface area (Å²) >= 11 is 0. The van der Waals surface area contributed by atoms with Crippen LogP contribution in [-0.2, 0) is 7.05 Å². The number of hydrogen-bond acceptors (Lipinski definition) is 7. The number of anilines is 1. The topological polar surface area (TPSA) is 112 Å². The van der Waals surface area contributed by atoms with E-state index < -0.39 is 0 Å². The molecule has 3 aromatic heterocycles. The first kappa shape index (κ1) is 19.9. The number of rotatable bonds is 4. The number of nitriles is 1. The molecule has 32 heavy (non-hydrogen) atoms. The quantitative estimate of drug-likeness (QED) is 0.534. The van der Waals surface area contributed by atoms with E-state index in [1.54, 1.807) is 18.7 Å². The van der Waals surface area contributed by atoms with E-state index in [4.69, 9.17) is 0 Å². The van der Waals surface area contributed by atoms with Gasteiger partial charge in [-0.25, -0.2) is 0 Å². The molecule has 1 aliphatic rings. The van der Waals surface area contributed by atoms with E-state index in [0.29, 0.717) is 11.5 Å². The number of aryl methyl sites for hydroxylation is 2. The first-order valence-corrected chi connectivity index (χ1v) is 10.6. The largest absolute Gasteiger partial charge is 0.370 e. The van der Waals surface area contributed by atoms with Crippen molar-refractivity contribution in [3.05, 3.63) is 60.1 Å². The van der Waals surface area contributed by atoms with Crippen LogP contribution in [-0.4, -0.2) is 48.2 Å². The monoisotopic (exact) mass is 425 g/mol. The standard InChI is InChI=1S/C23H23N9/c1-15-11-17(13-26-28-15)18-3-4-19(21-5-8-25-29-21)20(12-24)22(18)32-9-6-16(7-10-32)23-30-27-14-31(23)2/h3-5,8,11,13-14,16H,6-7,9-10H2,1-2H3,(H,25,29). The van der Waals surface area contributed by atoms with Crippen molar-refractivity contribution >= 4 is 5.69 Å². The van der Waals surface area contributed by atoms with Gasteiger partial charge < -0.3 is 9.47 Å². The maximum atomic E-state index is 10.2. The molecule has 9 nitrogen and oxygen atoms in total. The lowest BCUT2D eigenvalue weighted by Crippen LogP contribution is -2.34. The fourth-order valence-corrected chi connectivity index (χ4v) is 4.53. The maximum absolute atomic E-state index is 10.2. The van der Waals surface area contributed by atoms with E-state index in [-0.39, 0.29) is 0 Å². The van der Waals surface area contributed by atoms with Gasteiger partial charge in [-0.15, -0.1) is 10.2 Å². The molecule has 1 aliphatic heterocycles. The summed E-state index contributed by atoms with van der Waals surface area (Å²) in [7, 11) is 1.99. The summed E-state index contributed by atoms with van der Waals surface area (Å²) in [5, 5.41) is 34.0. The summed E-state index contributed by atoms with van der Waals surface area (Å²) in [6.07, 6.45) is 7.16. The molecule has 1 aromatic carbocycles. The van der Waals surface area contributed by atoms with Crippen molar-refractivity contribution in [3.8, 4) is 28.5 Å². The molecule has 0 atom stereocenters.